The Morgan fingerprint density at radius 3 is 2.92 bits per heavy atom. The first-order valence-corrected chi connectivity index (χ1v) is 8.56. The summed E-state index contributed by atoms with van der Waals surface area (Å²) in [6.45, 7) is 3.60. The van der Waals surface area contributed by atoms with Crippen LogP contribution in [-0.4, -0.2) is 35.2 Å². The molecular weight excluding hydrogens is 358 g/mol. The summed E-state index contributed by atoms with van der Waals surface area (Å²) in [7, 11) is 1.57. The van der Waals surface area contributed by atoms with Gasteiger partial charge in [-0.15, -0.1) is 0 Å². The van der Waals surface area contributed by atoms with Crippen LogP contribution < -0.4 is 16.6 Å². The van der Waals surface area contributed by atoms with Gasteiger partial charge in [0.25, 0.3) is 5.56 Å². The van der Waals surface area contributed by atoms with Crippen molar-refractivity contribution < 1.29 is 0 Å². The number of rotatable bonds is 7. The van der Waals surface area contributed by atoms with Crippen LogP contribution in [0.25, 0.3) is 11.2 Å². The SMILES string of the molecule is CC(Cl)=CCn1c(NCCCn2ccnc2)nc2c1c(=O)[nH]c(=O)n2C. The van der Waals surface area contributed by atoms with Crippen molar-refractivity contribution in [3.8, 4) is 0 Å². The van der Waals surface area contributed by atoms with Gasteiger partial charge in [0.2, 0.25) is 5.95 Å². The lowest BCUT2D eigenvalue weighted by Gasteiger charge is -2.09. The number of allylic oxidation sites excluding steroid dienone is 2. The van der Waals surface area contributed by atoms with Crippen LogP contribution in [0.1, 0.15) is 13.3 Å². The average Bonchev–Trinajstić information content (AvgIpc) is 3.22. The molecule has 2 N–H and O–H groups in total. The van der Waals surface area contributed by atoms with E-state index in [9.17, 15) is 9.59 Å². The van der Waals surface area contributed by atoms with Crippen molar-refractivity contribution in [2.24, 2.45) is 7.05 Å². The van der Waals surface area contributed by atoms with Gasteiger partial charge in [-0.1, -0.05) is 17.7 Å². The van der Waals surface area contributed by atoms with E-state index < -0.39 is 11.2 Å². The molecular formula is C16H20ClN7O2. The van der Waals surface area contributed by atoms with Gasteiger partial charge in [-0.25, -0.2) is 9.78 Å². The van der Waals surface area contributed by atoms with E-state index in [-0.39, 0.29) is 0 Å². The minimum absolute atomic E-state index is 0.330. The number of halogens is 1. The third kappa shape index (κ3) is 3.72. The van der Waals surface area contributed by atoms with Crippen molar-refractivity contribution in [3.63, 3.8) is 0 Å². The van der Waals surface area contributed by atoms with E-state index in [1.165, 1.54) is 4.57 Å². The Balaban J connectivity index is 1.89. The quantitative estimate of drug-likeness (QED) is 0.603. The summed E-state index contributed by atoms with van der Waals surface area (Å²) in [6.07, 6.45) is 8.03. The van der Waals surface area contributed by atoms with Crippen molar-refractivity contribution in [3.05, 3.63) is 50.7 Å². The summed E-state index contributed by atoms with van der Waals surface area (Å²) in [5, 5.41) is 3.85. The Kier molecular flexibility index (Phi) is 5.27. The van der Waals surface area contributed by atoms with Gasteiger partial charge in [-0.05, 0) is 13.3 Å². The molecule has 0 saturated carbocycles. The Bertz CT molecular complexity index is 1040. The number of anilines is 1. The van der Waals surface area contributed by atoms with Gasteiger partial charge in [0.15, 0.2) is 11.2 Å². The highest BCUT2D eigenvalue weighted by Gasteiger charge is 2.16. The van der Waals surface area contributed by atoms with Crippen LogP contribution in [-0.2, 0) is 20.1 Å². The first-order chi connectivity index (χ1) is 12.5. The molecule has 3 aromatic heterocycles. The summed E-state index contributed by atoms with van der Waals surface area (Å²) in [4.78, 5) is 34.9. The molecule has 0 saturated heterocycles. The van der Waals surface area contributed by atoms with Gasteiger partial charge in [-0.2, -0.15) is 4.98 Å². The third-order valence-corrected chi connectivity index (χ3v) is 4.15. The van der Waals surface area contributed by atoms with Gasteiger partial charge < -0.3 is 14.5 Å². The topological polar surface area (TPSA) is 103 Å². The fourth-order valence-corrected chi connectivity index (χ4v) is 2.71. The number of nitrogens with zero attached hydrogens (tertiary/aromatic N) is 5. The minimum Gasteiger partial charge on any atom is -0.356 e. The lowest BCUT2D eigenvalue weighted by Crippen LogP contribution is -2.29. The molecule has 0 aliphatic rings. The van der Waals surface area contributed by atoms with Crippen molar-refractivity contribution in [2.75, 3.05) is 11.9 Å². The summed E-state index contributed by atoms with van der Waals surface area (Å²) in [6, 6.07) is 0. The lowest BCUT2D eigenvalue weighted by molar-refractivity contribution is 0.657. The van der Waals surface area contributed by atoms with Gasteiger partial charge in [0.05, 0.1) is 6.33 Å². The summed E-state index contributed by atoms with van der Waals surface area (Å²) in [5.74, 6) is 0.520. The van der Waals surface area contributed by atoms with Crippen LogP contribution in [0.15, 0.2) is 39.4 Å². The van der Waals surface area contributed by atoms with Crippen molar-refractivity contribution >= 4 is 28.7 Å². The van der Waals surface area contributed by atoms with Crippen LogP contribution in [0.4, 0.5) is 5.95 Å². The second-order valence-electron chi connectivity index (χ2n) is 5.91. The molecule has 3 rings (SSSR count). The predicted molar refractivity (Wildman–Crippen MR) is 101 cm³/mol. The van der Waals surface area contributed by atoms with E-state index in [1.54, 1.807) is 37.1 Å². The molecule has 0 aromatic carbocycles. The maximum absolute atomic E-state index is 12.3. The molecule has 0 aliphatic carbocycles. The van der Waals surface area contributed by atoms with E-state index in [0.717, 1.165) is 13.0 Å². The minimum atomic E-state index is -0.497. The number of imidazole rings is 2. The van der Waals surface area contributed by atoms with Gasteiger partial charge in [0.1, 0.15) is 0 Å². The van der Waals surface area contributed by atoms with E-state index in [2.05, 4.69) is 20.3 Å². The first kappa shape index (κ1) is 18.0. The third-order valence-electron chi connectivity index (χ3n) is 4.00. The zero-order chi connectivity index (χ0) is 18.7. The maximum Gasteiger partial charge on any atom is 0.329 e. The molecule has 0 unspecified atom stereocenters. The van der Waals surface area contributed by atoms with E-state index in [4.69, 9.17) is 11.6 Å². The van der Waals surface area contributed by atoms with Crippen LogP contribution in [0.3, 0.4) is 0 Å². The molecule has 0 spiro atoms. The molecule has 10 heteroatoms. The highest BCUT2D eigenvalue weighted by atomic mass is 35.5. The normalized spacial score (nSPS) is 12.0. The molecule has 3 heterocycles. The van der Waals surface area contributed by atoms with Crippen LogP contribution >= 0.6 is 11.6 Å². The summed E-state index contributed by atoms with van der Waals surface area (Å²) in [5.41, 5.74) is -0.305. The van der Waals surface area contributed by atoms with E-state index >= 15 is 0 Å². The summed E-state index contributed by atoms with van der Waals surface area (Å²) < 4.78 is 5.02. The number of hydrogen-bond acceptors (Lipinski definition) is 5. The molecule has 0 bridgehead atoms. The van der Waals surface area contributed by atoms with Gasteiger partial charge >= 0.3 is 5.69 Å². The largest absolute Gasteiger partial charge is 0.356 e. The number of H-pyrrole nitrogens is 1. The Hall–Kier alpha value is -2.81. The predicted octanol–water partition coefficient (Wildman–Crippen LogP) is 1.26. The zero-order valence-corrected chi connectivity index (χ0v) is 15.3. The molecule has 138 valence electrons. The van der Waals surface area contributed by atoms with E-state index in [1.807, 2.05) is 10.8 Å². The standard InChI is InChI=1S/C16H20ClN7O2/c1-11(17)4-8-24-12-13(22(2)16(26)21-14(12)25)20-15(24)19-5-3-7-23-9-6-18-10-23/h4,6,9-10H,3,5,7-8H2,1-2H3,(H,19,20)(H,21,25,26). The van der Waals surface area contributed by atoms with Crippen LogP contribution in [0.5, 0.6) is 0 Å². The van der Waals surface area contributed by atoms with Crippen molar-refractivity contribution in [2.45, 2.75) is 26.4 Å². The Labute approximate surface area is 154 Å². The molecule has 3 aromatic rings. The van der Waals surface area contributed by atoms with Crippen molar-refractivity contribution in [1.82, 2.24) is 28.7 Å². The summed E-state index contributed by atoms with van der Waals surface area (Å²) >= 11 is 5.94. The smallest absolute Gasteiger partial charge is 0.329 e. The number of nitrogens with one attached hydrogen (secondary N) is 2. The first-order valence-electron chi connectivity index (χ1n) is 8.19. The second kappa shape index (κ2) is 7.61. The number of aryl methyl sites for hydroxylation is 2. The number of aromatic amines is 1. The number of hydrogen-bond donors (Lipinski definition) is 2. The fourth-order valence-electron chi connectivity index (χ4n) is 2.65. The van der Waals surface area contributed by atoms with Crippen LogP contribution in [0, 0.1) is 0 Å². The molecule has 26 heavy (non-hydrogen) atoms. The average molecular weight is 378 g/mol. The Morgan fingerprint density at radius 2 is 2.23 bits per heavy atom. The zero-order valence-electron chi connectivity index (χ0n) is 14.6. The molecule has 0 fully saturated rings. The molecule has 0 aliphatic heterocycles. The van der Waals surface area contributed by atoms with Crippen LogP contribution in [0.2, 0.25) is 0 Å². The highest BCUT2D eigenvalue weighted by molar-refractivity contribution is 6.29. The fraction of sp³-hybridized carbons (Fsp3) is 0.375. The molecule has 0 atom stereocenters. The van der Waals surface area contributed by atoms with E-state index in [0.29, 0.717) is 35.2 Å². The molecule has 9 nitrogen and oxygen atoms in total. The molecule has 0 radical (unpaired) electrons. The number of fused-ring (bicyclic) bond motifs is 1. The second-order valence-corrected chi connectivity index (χ2v) is 6.50. The van der Waals surface area contributed by atoms with Gasteiger partial charge in [-0.3, -0.25) is 14.3 Å². The molecule has 0 amide bonds. The Morgan fingerprint density at radius 1 is 1.42 bits per heavy atom. The maximum atomic E-state index is 12.3. The lowest BCUT2D eigenvalue weighted by atomic mass is 10.4. The highest BCUT2D eigenvalue weighted by Crippen LogP contribution is 2.16. The van der Waals surface area contributed by atoms with Crippen molar-refractivity contribution in [1.29, 1.82) is 0 Å². The monoisotopic (exact) mass is 377 g/mol. The number of aromatic nitrogens is 6. The van der Waals surface area contributed by atoms with Gasteiger partial charge in [0, 0.05) is 44.1 Å².